The Morgan fingerprint density at radius 1 is 1.47 bits per heavy atom. The van der Waals surface area contributed by atoms with Crippen LogP contribution in [0, 0.1) is 6.92 Å². The lowest BCUT2D eigenvalue weighted by molar-refractivity contribution is 0.399. The highest BCUT2D eigenvalue weighted by atomic mass is 32.1. The maximum atomic E-state index is 5.81. The summed E-state index contributed by atoms with van der Waals surface area (Å²) >= 11 is 1.67. The second-order valence-corrected chi connectivity index (χ2v) is 5.34. The van der Waals surface area contributed by atoms with E-state index in [0.717, 1.165) is 10.1 Å². The third kappa shape index (κ3) is 2.13. The zero-order valence-corrected chi connectivity index (χ0v) is 10.1. The fourth-order valence-corrected chi connectivity index (χ4v) is 3.12. The van der Waals surface area contributed by atoms with Gasteiger partial charge in [-0.3, -0.25) is 0 Å². The third-order valence-corrected chi connectivity index (χ3v) is 3.89. The van der Waals surface area contributed by atoms with Crippen molar-refractivity contribution < 1.29 is 0 Å². The first-order valence-corrected chi connectivity index (χ1v) is 6.32. The number of rotatable bonds is 2. The Bertz CT molecular complexity index is 325. The predicted molar refractivity (Wildman–Crippen MR) is 63.3 cm³/mol. The van der Waals surface area contributed by atoms with Crippen LogP contribution in [0.3, 0.4) is 0 Å². The van der Waals surface area contributed by atoms with Crippen LogP contribution in [-0.2, 0) is 0 Å². The van der Waals surface area contributed by atoms with Gasteiger partial charge in [-0.1, -0.05) is 11.3 Å². The molecule has 5 heteroatoms. The van der Waals surface area contributed by atoms with Crippen LogP contribution >= 0.6 is 11.3 Å². The van der Waals surface area contributed by atoms with Gasteiger partial charge in [0.05, 0.1) is 0 Å². The fraction of sp³-hybridized carbons (Fsp3) is 0.800. The average Bonchev–Trinajstić information content (AvgIpc) is 2.64. The molecule has 1 aromatic heterocycles. The fourth-order valence-electron chi connectivity index (χ4n) is 2.25. The molecule has 1 aliphatic rings. The van der Waals surface area contributed by atoms with Crippen molar-refractivity contribution in [3.8, 4) is 0 Å². The molecule has 0 bridgehead atoms. The van der Waals surface area contributed by atoms with Crippen molar-refractivity contribution in [2.75, 3.05) is 11.4 Å². The number of hydrogen-bond donors (Lipinski definition) is 1. The van der Waals surface area contributed by atoms with Gasteiger partial charge in [-0.15, -0.1) is 10.2 Å². The van der Waals surface area contributed by atoms with E-state index in [4.69, 9.17) is 5.73 Å². The van der Waals surface area contributed by atoms with Gasteiger partial charge >= 0.3 is 0 Å². The van der Waals surface area contributed by atoms with Gasteiger partial charge in [0.25, 0.3) is 0 Å². The molecule has 1 fully saturated rings. The van der Waals surface area contributed by atoms with Gasteiger partial charge in [0, 0.05) is 18.6 Å². The second-order valence-electron chi connectivity index (χ2n) is 4.18. The van der Waals surface area contributed by atoms with Gasteiger partial charge in [-0.2, -0.15) is 0 Å². The standard InChI is InChI=1S/C10H18N4S/c1-7-4-3-5-9(6-11)14(7)10-13-12-8(2)15-10/h7,9H,3-6,11H2,1-2H3. The minimum atomic E-state index is 0.445. The molecular weight excluding hydrogens is 208 g/mol. The normalized spacial score (nSPS) is 27.0. The van der Waals surface area contributed by atoms with E-state index in [2.05, 4.69) is 22.0 Å². The largest absolute Gasteiger partial charge is 0.340 e. The van der Waals surface area contributed by atoms with Crippen LogP contribution < -0.4 is 10.6 Å². The Balaban J connectivity index is 2.22. The molecule has 2 N–H and O–H groups in total. The summed E-state index contributed by atoms with van der Waals surface area (Å²) in [6.07, 6.45) is 3.69. The lowest BCUT2D eigenvalue weighted by Crippen LogP contribution is -2.49. The summed E-state index contributed by atoms with van der Waals surface area (Å²) in [5.74, 6) is 0. The van der Waals surface area contributed by atoms with Crippen molar-refractivity contribution in [3.05, 3.63) is 5.01 Å². The molecule has 0 radical (unpaired) electrons. The van der Waals surface area contributed by atoms with Crippen molar-refractivity contribution in [1.82, 2.24) is 10.2 Å². The number of aryl methyl sites for hydroxylation is 1. The van der Waals surface area contributed by atoms with Crippen LogP contribution in [-0.4, -0.2) is 28.8 Å². The summed E-state index contributed by atoms with van der Waals surface area (Å²) in [5.41, 5.74) is 5.81. The minimum absolute atomic E-state index is 0.445. The first-order valence-electron chi connectivity index (χ1n) is 5.51. The van der Waals surface area contributed by atoms with Gasteiger partial charge in [0.2, 0.25) is 5.13 Å². The molecule has 1 aromatic rings. The van der Waals surface area contributed by atoms with Crippen LogP contribution in [0.4, 0.5) is 5.13 Å². The molecule has 0 spiro atoms. The number of piperidine rings is 1. The Morgan fingerprint density at radius 2 is 2.27 bits per heavy atom. The molecule has 1 saturated heterocycles. The molecule has 0 aromatic carbocycles. The van der Waals surface area contributed by atoms with Crippen LogP contribution in [0.1, 0.15) is 31.2 Å². The molecule has 1 aliphatic heterocycles. The van der Waals surface area contributed by atoms with Crippen molar-refractivity contribution in [3.63, 3.8) is 0 Å². The zero-order valence-electron chi connectivity index (χ0n) is 9.31. The van der Waals surface area contributed by atoms with E-state index < -0.39 is 0 Å². The molecule has 2 unspecified atom stereocenters. The molecule has 0 amide bonds. The maximum Gasteiger partial charge on any atom is 0.208 e. The molecule has 84 valence electrons. The summed E-state index contributed by atoms with van der Waals surface area (Å²) in [5, 5.41) is 10.4. The van der Waals surface area contributed by atoms with Crippen LogP contribution in [0.15, 0.2) is 0 Å². The lowest BCUT2D eigenvalue weighted by Gasteiger charge is -2.39. The summed E-state index contributed by atoms with van der Waals surface area (Å²) < 4.78 is 0. The SMILES string of the molecule is Cc1nnc(N2C(C)CCCC2CN)s1. The zero-order chi connectivity index (χ0) is 10.8. The van der Waals surface area contributed by atoms with E-state index in [9.17, 15) is 0 Å². The molecule has 0 saturated carbocycles. The van der Waals surface area contributed by atoms with Gasteiger partial charge in [0.15, 0.2) is 0 Å². The second kappa shape index (κ2) is 4.45. The van der Waals surface area contributed by atoms with Crippen molar-refractivity contribution in [1.29, 1.82) is 0 Å². The first kappa shape index (κ1) is 10.8. The predicted octanol–water partition coefficient (Wildman–Crippen LogP) is 1.55. The lowest BCUT2D eigenvalue weighted by atomic mass is 9.97. The number of anilines is 1. The summed E-state index contributed by atoms with van der Waals surface area (Å²) in [6.45, 7) is 4.95. The monoisotopic (exact) mass is 226 g/mol. The Hall–Kier alpha value is -0.680. The molecule has 0 aliphatic carbocycles. The van der Waals surface area contributed by atoms with Gasteiger partial charge in [0.1, 0.15) is 5.01 Å². The van der Waals surface area contributed by atoms with E-state index in [0.29, 0.717) is 18.6 Å². The summed E-state index contributed by atoms with van der Waals surface area (Å²) in [6, 6.07) is 0.987. The Morgan fingerprint density at radius 3 is 2.87 bits per heavy atom. The van der Waals surface area contributed by atoms with E-state index in [1.807, 2.05) is 6.92 Å². The molecular formula is C10H18N4S. The maximum absolute atomic E-state index is 5.81. The highest BCUT2D eigenvalue weighted by Gasteiger charge is 2.29. The molecule has 2 atom stereocenters. The quantitative estimate of drug-likeness (QED) is 0.831. The number of aromatic nitrogens is 2. The number of hydrogen-bond acceptors (Lipinski definition) is 5. The smallest absolute Gasteiger partial charge is 0.208 e. The van der Waals surface area contributed by atoms with Gasteiger partial charge < -0.3 is 10.6 Å². The van der Waals surface area contributed by atoms with Crippen LogP contribution in [0.25, 0.3) is 0 Å². The van der Waals surface area contributed by atoms with E-state index in [-0.39, 0.29) is 0 Å². The molecule has 4 nitrogen and oxygen atoms in total. The topological polar surface area (TPSA) is 55.0 Å². The Kier molecular flexibility index (Phi) is 3.21. The van der Waals surface area contributed by atoms with Crippen molar-refractivity contribution >= 4 is 16.5 Å². The average molecular weight is 226 g/mol. The number of nitrogens with zero attached hydrogens (tertiary/aromatic N) is 3. The summed E-state index contributed by atoms with van der Waals surface area (Å²) in [7, 11) is 0. The highest BCUT2D eigenvalue weighted by molar-refractivity contribution is 7.15. The highest BCUT2D eigenvalue weighted by Crippen LogP contribution is 2.30. The van der Waals surface area contributed by atoms with Gasteiger partial charge in [-0.05, 0) is 33.1 Å². The molecule has 2 heterocycles. The summed E-state index contributed by atoms with van der Waals surface area (Å²) in [4.78, 5) is 2.36. The third-order valence-electron chi connectivity index (χ3n) is 3.04. The minimum Gasteiger partial charge on any atom is -0.340 e. The number of nitrogens with two attached hydrogens (primary N) is 1. The van der Waals surface area contributed by atoms with Crippen LogP contribution in [0.5, 0.6) is 0 Å². The first-order chi connectivity index (χ1) is 7.22. The van der Waals surface area contributed by atoms with Crippen molar-refractivity contribution in [2.24, 2.45) is 5.73 Å². The van der Waals surface area contributed by atoms with E-state index in [1.165, 1.54) is 19.3 Å². The van der Waals surface area contributed by atoms with E-state index >= 15 is 0 Å². The van der Waals surface area contributed by atoms with Crippen molar-refractivity contribution in [2.45, 2.75) is 45.2 Å². The Labute approximate surface area is 94.5 Å². The van der Waals surface area contributed by atoms with Crippen LogP contribution in [0.2, 0.25) is 0 Å². The van der Waals surface area contributed by atoms with Gasteiger partial charge in [-0.25, -0.2) is 0 Å². The van der Waals surface area contributed by atoms with E-state index in [1.54, 1.807) is 11.3 Å². The molecule has 15 heavy (non-hydrogen) atoms. The molecule has 2 rings (SSSR count).